The highest BCUT2D eigenvalue weighted by atomic mass is 32.2. The van der Waals surface area contributed by atoms with Crippen molar-refractivity contribution in [2.75, 3.05) is 12.4 Å². The maximum absolute atomic E-state index is 4.79. The van der Waals surface area contributed by atoms with Gasteiger partial charge in [-0.2, -0.15) is 0 Å². The summed E-state index contributed by atoms with van der Waals surface area (Å²) in [6.07, 6.45) is 0. The van der Waals surface area contributed by atoms with Crippen molar-refractivity contribution in [1.82, 2.24) is 9.97 Å². The van der Waals surface area contributed by atoms with Gasteiger partial charge in [-0.05, 0) is 26.0 Å². The summed E-state index contributed by atoms with van der Waals surface area (Å²) in [7, 11) is 1.91. The van der Waals surface area contributed by atoms with Crippen molar-refractivity contribution in [1.29, 1.82) is 0 Å². The molecule has 2 aromatic rings. The van der Waals surface area contributed by atoms with E-state index in [1.807, 2.05) is 7.05 Å². The Labute approximate surface area is 131 Å². The lowest BCUT2D eigenvalue weighted by molar-refractivity contribution is 0.538. The Bertz CT molecular complexity index is 645. The van der Waals surface area contributed by atoms with Crippen LogP contribution in [0, 0.1) is 13.8 Å². The summed E-state index contributed by atoms with van der Waals surface area (Å²) in [5.41, 5.74) is 2.29. The summed E-state index contributed by atoms with van der Waals surface area (Å²) in [4.78, 5) is 10.6. The van der Waals surface area contributed by atoms with Crippen molar-refractivity contribution in [3.63, 3.8) is 0 Å². The number of nitrogens with one attached hydrogen (secondary N) is 1. The molecule has 0 bridgehead atoms. The van der Waals surface area contributed by atoms with Crippen LogP contribution < -0.4 is 5.32 Å². The minimum absolute atomic E-state index is 0.0682. The monoisotopic (exact) mass is 301 g/mol. The molecule has 0 saturated carbocycles. The second kappa shape index (κ2) is 6.06. The molecule has 1 heterocycles. The fourth-order valence-electron chi connectivity index (χ4n) is 1.96. The predicted molar refractivity (Wildman–Crippen MR) is 90.3 cm³/mol. The van der Waals surface area contributed by atoms with Gasteiger partial charge in [-0.25, -0.2) is 9.97 Å². The van der Waals surface area contributed by atoms with Gasteiger partial charge in [0.25, 0.3) is 0 Å². The fourth-order valence-corrected chi connectivity index (χ4v) is 2.96. The molecule has 1 aromatic carbocycles. The predicted octanol–water partition coefficient (Wildman–Crippen LogP) is 4.58. The Kier molecular flexibility index (Phi) is 4.57. The van der Waals surface area contributed by atoms with Crippen molar-refractivity contribution in [3.8, 4) is 0 Å². The highest BCUT2D eigenvalue weighted by Gasteiger charge is 2.21. The summed E-state index contributed by atoms with van der Waals surface area (Å²) in [5.74, 6) is 1.78. The van der Waals surface area contributed by atoms with Gasteiger partial charge in [0.15, 0.2) is 0 Å². The molecule has 0 aliphatic carbocycles. The SMILES string of the molecule is CNc1nc(C(C)(C)C)nc(Sc2cccc(C)c2)c1C. The molecule has 0 saturated heterocycles. The van der Waals surface area contributed by atoms with Crippen LogP contribution in [0.2, 0.25) is 0 Å². The van der Waals surface area contributed by atoms with E-state index in [1.165, 1.54) is 10.5 Å². The number of rotatable bonds is 3. The molecule has 0 unspecified atom stereocenters. The van der Waals surface area contributed by atoms with Crippen molar-refractivity contribution >= 4 is 17.6 Å². The van der Waals surface area contributed by atoms with Crippen molar-refractivity contribution in [3.05, 3.63) is 41.2 Å². The van der Waals surface area contributed by atoms with E-state index < -0.39 is 0 Å². The lowest BCUT2D eigenvalue weighted by atomic mass is 9.95. The highest BCUT2D eigenvalue weighted by Crippen LogP contribution is 2.33. The van der Waals surface area contributed by atoms with Crippen LogP contribution in [-0.4, -0.2) is 17.0 Å². The molecular formula is C17H23N3S. The summed E-state index contributed by atoms with van der Waals surface area (Å²) >= 11 is 1.70. The van der Waals surface area contributed by atoms with Gasteiger partial charge in [-0.3, -0.25) is 0 Å². The summed E-state index contributed by atoms with van der Waals surface area (Å²) in [5, 5.41) is 4.20. The van der Waals surface area contributed by atoms with E-state index in [0.29, 0.717) is 0 Å². The van der Waals surface area contributed by atoms with Gasteiger partial charge in [0.05, 0.1) is 0 Å². The van der Waals surface area contributed by atoms with Gasteiger partial charge in [-0.1, -0.05) is 50.2 Å². The molecule has 2 rings (SSSR count). The number of aromatic nitrogens is 2. The van der Waals surface area contributed by atoms with E-state index in [4.69, 9.17) is 4.98 Å². The summed E-state index contributed by atoms with van der Waals surface area (Å²) < 4.78 is 0. The third-order valence-corrected chi connectivity index (χ3v) is 4.29. The second-order valence-corrected chi connectivity index (χ2v) is 7.31. The molecule has 0 atom stereocenters. The first-order valence-corrected chi connectivity index (χ1v) is 7.94. The van der Waals surface area contributed by atoms with Crippen LogP contribution in [0.15, 0.2) is 34.2 Å². The van der Waals surface area contributed by atoms with Gasteiger partial charge in [0, 0.05) is 22.9 Å². The molecule has 0 radical (unpaired) electrons. The van der Waals surface area contributed by atoms with Gasteiger partial charge in [0.2, 0.25) is 0 Å². The molecule has 0 aliphatic rings. The first-order chi connectivity index (χ1) is 9.81. The molecule has 0 aliphatic heterocycles. The molecule has 1 N–H and O–H groups in total. The number of anilines is 1. The molecule has 1 aromatic heterocycles. The first-order valence-electron chi connectivity index (χ1n) is 7.12. The highest BCUT2D eigenvalue weighted by molar-refractivity contribution is 7.99. The second-order valence-electron chi connectivity index (χ2n) is 6.24. The lowest BCUT2D eigenvalue weighted by Crippen LogP contribution is -2.18. The van der Waals surface area contributed by atoms with Crippen molar-refractivity contribution in [2.24, 2.45) is 0 Å². The Hall–Kier alpha value is -1.55. The van der Waals surface area contributed by atoms with E-state index in [9.17, 15) is 0 Å². The molecule has 4 heteroatoms. The standard InChI is InChI=1S/C17H23N3S/c1-11-8-7-9-13(10-11)21-15-12(2)14(18-6)19-16(20-15)17(3,4)5/h7-10H,1-6H3,(H,18,19,20). The van der Waals surface area contributed by atoms with Gasteiger partial charge in [0.1, 0.15) is 16.7 Å². The van der Waals surface area contributed by atoms with Crippen LogP contribution >= 0.6 is 11.8 Å². The topological polar surface area (TPSA) is 37.8 Å². The Morgan fingerprint density at radius 3 is 2.38 bits per heavy atom. The zero-order valence-corrected chi connectivity index (χ0v) is 14.4. The third-order valence-electron chi connectivity index (χ3n) is 3.21. The van der Waals surface area contributed by atoms with E-state index >= 15 is 0 Å². The number of hydrogen-bond acceptors (Lipinski definition) is 4. The smallest absolute Gasteiger partial charge is 0.137 e. The van der Waals surface area contributed by atoms with Crippen LogP contribution in [0.1, 0.15) is 37.7 Å². The maximum Gasteiger partial charge on any atom is 0.137 e. The quantitative estimate of drug-likeness (QED) is 0.842. The Balaban J connectivity index is 2.47. The third kappa shape index (κ3) is 3.76. The largest absolute Gasteiger partial charge is 0.373 e. The molecule has 3 nitrogen and oxygen atoms in total. The van der Waals surface area contributed by atoms with Gasteiger partial charge in [-0.15, -0.1) is 0 Å². The number of nitrogens with zero attached hydrogens (tertiary/aromatic N) is 2. The Morgan fingerprint density at radius 1 is 1.10 bits per heavy atom. The maximum atomic E-state index is 4.79. The first kappa shape index (κ1) is 15.8. The average molecular weight is 301 g/mol. The van der Waals surface area contributed by atoms with E-state index in [0.717, 1.165) is 22.2 Å². The summed E-state index contributed by atoms with van der Waals surface area (Å²) in [6, 6.07) is 8.49. The van der Waals surface area contributed by atoms with Crippen LogP contribution in [0.5, 0.6) is 0 Å². The molecule has 21 heavy (non-hydrogen) atoms. The van der Waals surface area contributed by atoms with E-state index in [2.05, 4.69) is 69.2 Å². The van der Waals surface area contributed by atoms with Gasteiger partial charge < -0.3 is 5.32 Å². The molecular weight excluding hydrogens is 278 g/mol. The zero-order chi connectivity index (χ0) is 15.6. The van der Waals surface area contributed by atoms with Crippen LogP contribution in [-0.2, 0) is 5.41 Å². The van der Waals surface area contributed by atoms with Crippen molar-refractivity contribution < 1.29 is 0 Å². The van der Waals surface area contributed by atoms with Gasteiger partial charge >= 0.3 is 0 Å². The van der Waals surface area contributed by atoms with Crippen LogP contribution in [0.25, 0.3) is 0 Å². The number of benzene rings is 1. The molecule has 0 amide bonds. The zero-order valence-electron chi connectivity index (χ0n) is 13.6. The van der Waals surface area contributed by atoms with Crippen molar-refractivity contribution in [2.45, 2.75) is 50.0 Å². The Morgan fingerprint density at radius 2 is 1.81 bits per heavy atom. The molecule has 0 fully saturated rings. The molecule has 112 valence electrons. The normalized spacial score (nSPS) is 11.5. The lowest BCUT2D eigenvalue weighted by Gasteiger charge is -2.20. The van der Waals surface area contributed by atoms with Crippen LogP contribution in [0.3, 0.4) is 0 Å². The number of hydrogen-bond donors (Lipinski definition) is 1. The molecule has 0 spiro atoms. The summed E-state index contributed by atoms with van der Waals surface area (Å²) in [6.45, 7) is 10.6. The van der Waals surface area contributed by atoms with Crippen LogP contribution in [0.4, 0.5) is 5.82 Å². The van der Waals surface area contributed by atoms with E-state index in [1.54, 1.807) is 11.8 Å². The average Bonchev–Trinajstić information content (AvgIpc) is 2.40. The minimum Gasteiger partial charge on any atom is -0.373 e. The minimum atomic E-state index is -0.0682. The number of aryl methyl sites for hydroxylation is 1. The fraction of sp³-hybridized carbons (Fsp3) is 0.412. The van der Waals surface area contributed by atoms with E-state index in [-0.39, 0.29) is 5.41 Å².